The van der Waals surface area contributed by atoms with Gasteiger partial charge in [-0.1, -0.05) is 0 Å². The first kappa shape index (κ1) is 12.4. The van der Waals surface area contributed by atoms with Gasteiger partial charge in [0, 0.05) is 6.07 Å². The molecule has 1 N–H and O–H groups in total. The van der Waals surface area contributed by atoms with Gasteiger partial charge in [0.25, 0.3) is 0 Å². The lowest BCUT2D eigenvalue weighted by atomic mass is 10.3. The third-order valence-corrected chi connectivity index (χ3v) is 2.33. The third kappa shape index (κ3) is 2.45. The highest BCUT2D eigenvalue weighted by Crippen LogP contribution is 2.20. The van der Waals surface area contributed by atoms with Gasteiger partial charge >= 0.3 is 0 Å². The molecule has 0 spiro atoms. The summed E-state index contributed by atoms with van der Waals surface area (Å²) >= 11 is 0. The van der Waals surface area contributed by atoms with E-state index in [4.69, 9.17) is 4.74 Å². The zero-order valence-corrected chi connectivity index (χ0v) is 10.2. The van der Waals surface area contributed by atoms with Crippen molar-refractivity contribution in [3.05, 3.63) is 29.8 Å². The average Bonchev–Trinajstić information content (AvgIpc) is 2.81. The van der Waals surface area contributed by atoms with E-state index >= 15 is 0 Å². The zero-order valence-electron chi connectivity index (χ0n) is 10.2. The fraction of sp³-hybridized carbons (Fsp3) is 0.364. The number of tetrazole rings is 1. The van der Waals surface area contributed by atoms with Crippen LogP contribution in [-0.4, -0.2) is 33.9 Å². The summed E-state index contributed by atoms with van der Waals surface area (Å²) in [7, 11) is 1.79. The van der Waals surface area contributed by atoms with Gasteiger partial charge in [-0.15, -0.1) is 5.10 Å². The standard InChI is InChI=1S/C11H14FN5O/c1-3-18-10-5-4-8(6-9(10)12)17-11(7-13-2)14-15-16-17/h4-6,13H,3,7H2,1-2H3. The average molecular weight is 251 g/mol. The van der Waals surface area contributed by atoms with Gasteiger partial charge in [-0.25, -0.2) is 4.39 Å². The first-order valence-corrected chi connectivity index (χ1v) is 5.60. The van der Waals surface area contributed by atoms with Gasteiger partial charge in [0.2, 0.25) is 0 Å². The van der Waals surface area contributed by atoms with Gasteiger partial charge in [0.05, 0.1) is 18.8 Å². The van der Waals surface area contributed by atoms with E-state index in [1.54, 1.807) is 26.1 Å². The molecule has 2 aromatic rings. The van der Waals surface area contributed by atoms with Crippen molar-refractivity contribution in [2.75, 3.05) is 13.7 Å². The molecule has 0 amide bonds. The summed E-state index contributed by atoms with van der Waals surface area (Å²) in [5.74, 6) is 0.408. The minimum absolute atomic E-state index is 0.226. The summed E-state index contributed by atoms with van der Waals surface area (Å²) in [6.45, 7) is 2.73. The van der Waals surface area contributed by atoms with E-state index < -0.39 is 5.82 Å². The monoisotopic (exact) mass is 251 g/mol. The SMILES string of the molecule is CCOc1ccc(-n2nnnc2CNC)cc1F. The number of nitrogens with one attached hydrogen (secondary N) is 1. The number of ether oxygens (including phenoxy) is 1. The molecular weight excluding hydrogens is 237 g/mol. The van der Waals surface area contributed by atoms with Crippen molar-refractivity contribution in [1.82, 2.24) is 25.5 Å². The van der Waals surface area contributed by atoms with Crippen LogP contribution in [0.5, 0.6) is 5.75 Å². The Hall–Kier alpha value is -2.02. The summed E-state index contributed by atoms with van der Waals surface area (Å²) < 4.78 is 20.3. The largest absolute Gasteiger partial charge is 0.491 e. The smallest absolute Gasteiger partial charge is 0.170 e. The lowest BCUT2D eigenvalue weighted by molar-refractivity contribution is 0.321. The van der Waals surface area contributed by atoms with Crippen LogP contribution in [-0.2, 0) is 6.54 Å². The van der Waals surface area contributed by atoms with Crippen LogP contribution in [0, 0.1) is 5.82 Å². The van der Waals surface area contributed by atoms with E-state index in [1.165, 1.54) is 10.7 Å². The molecule has 0 atom stereocenters. The van der Waals surface area contributed by atoms with Crippen molar-refractivity contribution in [3.63, 3.8) is 0 Å². The number of rotatable bonds is 5. The number of halogens is 1. The molecule has 6 nitrogen and oxygen atoms in total. The normalized spacial score (nSPS) is 10.6. The zero-order chi connectivity index (χ0) is 13.0. The van der Waals surface area contributed by atoms with E-state index in [2.05, 4.69) is 20.8 Å². The molecule has 1 aromatic heterocycles. The van der Waals surface area contributed by atoms with E-state index in [-0.39, 0.29) is 5.75 Å². The van der Waals surface area contributed by atoms with E-state index in [0.717, 1.165) is 0 Å². The molecule has 0 bridgehead atoms. The second kappa shape index (κ2) is 5.54. The summed E-state index contributed by atoms with van der Waals surface area (Å²) in [6, 6.07) is 4.63. The molecule has 18 heavy (non-hydrogen) atoms. The van der Waals surface area contributed by atoms with E-state index in [0.29, 0.717) is 24.7 Å². The van der Waals surface area contributed by atoms with Crippen LogP contribution in [0.25, 0.3) is 5.69 Å². The molecule has 0 saturated heterocycles. The second-order valence-electron chi connectivity index (χ2n) is 3.58. The van der Waals surface area contributed by atoms with E-state index in [1.807, 2.05) is 0 Å². The molecule has 0 radical (unpaired) electrons. The summed E-state index contributed by atoms with van der Waals surface area (Å²) in [6.07, 6.45) is 0. The van der Waals surface area contributed by atoms with Crippen LogP contribution in [0.15, 0.2) is 18.2 Å². The maximum absolute atomic E-state index is 13.7. The molecule has 1 heterocycles. The Labute approximate surface area is 104 Å². The second-order valence-corrected chi connectivity index (χ2v) is 3.58. The third-order valence-electron chi connectivity index (χ3n) is 2.33. The highest BCUT2D eigenvalue weighted by atomic mass is 19.1. The molecule has 0 fully saturated rings. The van der Waals surface area contributed by atoms with Crippen LogP contribution in [0.1, 0.15) is 12.7 Å². The van der Waals surface area contributed by atoms with Crippen molar-refractivity contribution in [3.8, 4) is 11.4 Å². The summed E-state index contributed by atoms with van der Waals surface area (Å²) in [5.41, 5.74) is 0.561. The Morgan fingerprint density at radius 2 is 2.28 bits per heavy atom. The van der Waals surface area contributed by atoms with E-state index in [9.17, 15) is 4.39 Å². The first-order chi connectivity index (χ1) is 8.76. The Morgan fingerprint density at radius 3 is 2.94 bits per heavy atom. The Balaban J connectivity index is 2.33. The number of aromatic nitrogens is 4. The lowest BCUT2D eigenvalue weighted by Gasteiger charge is -2.07. The van der Waals surface area contributed by atoms with Crippen molar-refractivity contribution in [2.45, 2.75) is 13.5 Å². The highest BCUT2D eigenvalue weighted by molar-refractivity contribution is 5.38. The van der Waals surface area contributed by atoms with Crippen molar-refractivity contribution < 1.29 is 9.13 Å². The van der Waals surface area contributed by atoms with Crippen molar-refractivity contribution >= 4 is 0 Å². The number of benzene rings is 1. The van der Waals surface area contributed by atoms with Gasteiger partial charge < -0.3 is 10.1 Å². The first-order valence-electron chi connectivity index (χ1n) is 5.60. The maximum Gasteiger partial charge on any atom is 0.170 e. The molecule has 2 rings (SSSR count). The molecule has 0 aliphatic heterocycles. The van der Waals surface area contributed by atoms with Crippen molar-refractivity contribution in [1.29, 1.82) is 0 Å². The minimum atomic E-state index is -0.430. The predicted octanol–water partition coefficient (Wildman–Crippen LogP) is 0.919. The van der Waals surface area contributed by atoms with Crippen molar-refractivity contribution in [2.24, 2.45) is 0 Å². The number of hydrogen-bond donors (Lipinski definition) is 1. The lowest BCUT2D eigenvalue weighted by Crippen LogP contribution is -2.12. The minimum Gasteiger partial charge on any atom is -0.491 e. The molecule has 7 heteroatoms. The van der Waals surface area contributed by atoms with Gasteiger partial charge in [-0.2, -0.15) is 4.68 Å². The molecule has 0 aliphatic rings. The Morgan fingerprint density at radius 1 is 1.44 bits per heavy atom. The number of nitrogens with zero attached hydrogens (tertiary/aromatic N) is 4. The van der Waals surface area contributed by atoms with Gasteiger partial charge in [-0.3, -0.25) is 0 Å². The Kier molecular flexibility index (Phi) is 3.83. The summed E-state index contributed by atoms with van der Waals surface area (Å²) in [4.78, 5) is 0. The summed E-state index contributed by atoms with van der Waals surface area (Å²) in [5, 5.41) is 14.2. The molecule has 0 saturated carbocycles. The quantitative estimate of drug-likeness (QED) is 0.856. The van der Waals surface area contributed by atoms with Crippen LogP contribution in [0.3, 0.4) is 0 Å². The molecule has 0 aliphatic carbocycles. The van der Waals surface area contributed by atoms with Gasteiger partial charge in [0.15, 0.2) is 17.4 Å². The molecule has 96 valence electrons. The topological polar surface area (TPSA) is 64.9 Å². The number of hydrogen-bond acceptors (Lipinski definition) is 5. The van der Waals surface area contributed by atoms with Gasteiger partial charge in [0.1, 0.15) is 0 Å². The van der Waals surface area contributed by atoms with Crippen LogP contribution in [0.4, 0.5) is 4.39 Å². The highest BCUT2D eigenvalue weighted by Gasteiger charge is 2.10. The molecular formula is C11H14FN5O. The molecule has 0 unspecified atom stereocenters. The van der Waals surface area contributed by atoms with Crippen LogP contribution >= 0.6 is 0 Å². The molecule has 1 aromatic carbocycles. The fourth-order valence-electron chi connectivity index (χ4n) is 1.57. The maximum atomic E-state index is 13.7. The van der Waals surface area contributed by atoms with Crippen LogP contribution in [0.2, 0.25) is 0 Å². The Bertz CT molecular complexity index is 528. The van der Waals surface area contributed by atoms with Crippen LogP contribution < -0.4 is 10.1 Å². The fourth-order valence-corrected chi connectivity index (χ4v) is 1.57. The van der Waals surface area contributed by atoms with Gasteiger partial charge in [-0.05, 0) is 36.5 Å². The predicted molar refractivity (Wildman–Crippen MR) is 63.0 cm³/mol.